The number of aromatic nitrogens is 1. The minimum atomic E-state index is -1.10. The molecule has 6 rings (SSSR count). The quantitative estimate of drug-likeness (QED) is 0.251. The number of carbonyl (C=O) groups excluding carboxylic acids is 2. The third-order valence-corrected chi connectivity index (χ3v) is 8.15. The number of Topliss-reactive ketones (excluding diaryl/α,β-unsaturated/α-hetero) is 1. The maximum absolute atomic E-state index is 16.1. The summed E-state index contributed by atoms with van der Waals surface area (Å²) in [6, 6.07) is 17.8. The van der Waals surface area contributed by atoms with Crippen LogP contribution in [-0.2, 0) is 11.4 Å². The first kappa shape index (κ1) is 26.7. The fraction of sp³-hybridized carbons (Fsp3) is 0.219. The zero-order valence-corrected chi connectivity index (χ0v) is 23.4. The van der Waals surface area contributed by atoms with Crippen LogP contribution in [0.1, 0.15) is 53.5 Å². The van der Waals surface area contributed by atoms with Crippen LogP contribution in [0.5, 0.6) is 11.5 Å². The van der Waals surface area contributed by atoms with Crippen molar-refractivity contribution < 1.29 is 23.8 Å². The third-order valence-electron chi connectivity index (χ3n) is 7.38. The van der Waals surface area contributed by atoms with Crippen LogP contribution in [0.3, 0.4) is 0 Å². The lowest BCUT2D eigenvalue weighted by Gasteiger charge is -2.37. The molecule has 7 nitrogen and oxygen atoms in total. The molecular weight excluding hydrogens is 541 g/mol. The van der Waals surface area contributed by atoms with Crippen LogP contribution in [0.2, 0.25) is 0 Å². The van der Waals surface area contributed by atoms with Crippen LogP contribution in [0.25, 0.3) is 0 Å². The molecule has 2 N–H and O–H groups in total. The molecule has 1 aliphatic carbocycles. The van der Waals surface area contributed by atoms with Crippen molar-refractivity contribution in [3.05, 3.63) is 112 Å². The number of aromatic hydroxyl groups is 1. The van der Waals surface area contributed by atoms with Gasteiger partial charge in [-0.3, -0.25) is 19.5 Å². The lowest BCUT2D eigenvalue weighted by molar-refractivity contribution is -0.118. The number of para-hydroxylation sites is 1. The van der Waals surface area contributed by atoms with Gasteiger partial charge in [0.2, 0.25) is 0 Å². The molecule has 1 unspecified atom stereocenters. The number of phenols is 1. The Labute approximate surface area is 240 Å². The van der Waals surface area contributed by atoms with Gasteiger partial charge in [-0.25, -0.2) is 4.39 Å². The van der Waals surface area contributed by atoms with Crippen LogP contribution in [0.15, 0.2) is 89.7 Å². The number of allylic oxidation sites excluding steroid dienone is 1. The van der Waals surface area contributed by atoms with E-state index < -0.39 is 17.8 Å². The number of halogens is 1. The Morgan fingerprint density at radius 3 is 2.68 bits per heavy atom. The number of ketones is 1. The standard InChI is InChI=1S/C32H28FN3O4S/c1-32(2)14-23-28(26(38)15-32)30(21-12-11-20(13-22(21)33)40-17-19-7-4-3-5-8-19)36(31(39)27-16-34-18-41-27)24-9-6-10-25(37)29(24)35-23/h3-13,16,18,30,35,37H,14-15,17H2,1-2H3. The van der Waals surface area contributed by atoms with Crippen LogP contribution >= 0.6 is 11.3 Å². The largest absolute Gasteiger partial charge is 0.506 e. The minimum absolute atomic E-state index is 0.0851. The molecule has 9 heteroatoms. The maximum Gasteiger partial charge on any atom is 0.270 e. The molecule has 0 radical (unpaired) electrons. The predicted molar refractivity (Wildman–Crippen MR) is 156 cm³/mol. The van der Waals surface area contributed by atoms with E-state index in [0.29, 0.717) is 34.0 Å². The summed E-state index contributed by atoms with van der Waals surface area (Å²) in [5.41, 5.74) is 3.73. The lowest BCUT2D eigenvalue weighted by atomic mass is 9.73. The van der Waals surface area contributed by atoms with E-state index in [4.69, 9.17) is 4.74 Å². The first-order chi connectivity index (χ1) is 19.7. The predicted octanol–water partition coefficient (Wildman–Crippen LogP) is 7.02. The Morgan fingerprint density at radius 1 is 1.15 bits per heavy atom. The number of fused-ring (bicyclic) bond motifs is 1. The van der Waals surface area contributed by atoms with Gasteiger partial charge in [-0.2, -0.15) is 0 Å². The van der Waals surface area contributed by atoms with E-state index in [1.54, 1.807) is 29.8 Å². The Bertz CT molecular complexity index is 1670. The Balaban J connectivity index is 1.51. The van der Waals surface area contributed by atoms with E-state index >= 15 is 4.39 Å². The zero-order valence-electron chi connectivity index (χ0n) is 22.6. The summed E-state index contributed by atoms with van der Waals surface area (Å²) < 4.78 is 22.0. The van der Waals surface area contributed by atoms with Gasteiger partial charge in [-0.15, -0.1) is 11.3 Å². The number of anilines is 2. The van der Waals surface area contributed by atoms with E-state index in [1.807, 2.05) is 44.2 Å². The summed E-state index contributed by atoms with van der Waals surface area (Å²) in [7, 11) is 0. The number of carbonyl (C=O) groups is 2. The number of ether oxygens (including phenoxy) is 1. The van der Waals surface area contributed by atoms with Gasteiger partial charge in [0.1, 0.15) is 34.5 Å². The Hall–Kier alpha value is -4.50. The summed E-state index contributed by atoms with van der Waals surface area (Å²) in [5.74, 6) is -1.02. The first-order valence-corrected chi connectivity index (χ1v) is 14.1. The van der Waals surface area contributed by atoms with Crippen molar-refractivity contribution in [2.24, 2.45) is 5.41 Å². The highest BCUT2D eigenvalue weighted by Gasteiger charge is 2.45. The summed E-state index contributed by atoms with van der Waals surface area (Å²) in [4.78, 5) is 33.8. The molecule has 4 aromatic rings. The second-order valence-corrected chi connectivity index (χ2v) is 11.9. The summed E-state index contributed by atoms with van der Waals surface area (Å²) >= 11 is 1.15. The van der Waals surface area contributed by atoms with Crippen LogP contribution in [-0.4, -0.2) is 21.8 Å². The molecule has 0 saturated carbocycles. The molecule has 3 aromatic carbocycles. The highest BCUT2D eigenvalue weighted by atomic mass is 32.1. The molecule has 1 amide bonds. The molecule has 0 bridgehead atoms. The van der Waals surface area contributed by atoms with Gasteiger partial charge >= 0.3 is 0 Å². The maximum atomic E-state index is 16.1. The molecule has 41 heavy (non-hydrogen) atoms. The number of phenolic OH excluding ortho intramolecular Hbond substituents is 1. The molecule has 1 aromatic heterocycles. The second kappa shape index (κ2) is 10.5. The van der Waals surface area contributed by atoms with Gasteiger partial charge < -0.3 is 15.2 Å². The van der Waals surface area contributed by atoms with Gasteiger partial charge in [0.25, 0.3) is 5.91 Å². The van der Waals surface area contributed by atoms with Crippen molar-refractivity contribution >= 4 is 34.4 Å². The number of nitrogens with zero attached hydrogens (tertiary/aromatic N) is 2. The summed E-state index contributed by atoms with van der Waals surface area (Å²) in [6.45, 7) is 4.24. The second-order valence-electron chi connectivity index (χ2n) is 11.0. The molecule has 0 fully saturated rings. The average molecular weight is 570 g/mol. The number of nitrogens with one attached hydrogen (secondary N) is 1. The highest BCUT2D eigenvalue weighted by molar-refractivity contribution is 7.11. The van der Waals surface area contributed by atoms with E-state index in [9.17, 15) is 14.7 Å². The topological polar surface area (TPSA) is 91.8 Å². The van der Waals surface area contributed by atoms with E-state index in [2.05, 4.69) is 10.3 Å². The van der Waals surface area contributed by atoms with Crippen molar-refractivity contribution in [1.82, 2.24) is 4.98 Å². The normalized spacial score (nSPS) is 17.8. The molecule has 2 heterocycles. The van der Waals surface area contributed by atoms with Crippen molar-refractivity contribution in [1.29, 1.82) is 0 Å². The van der Waals surface area contributed by atoms with E-state index in [0.717, 1.165) is 16.9 Å². The number of rotatable bonds is 5. The lowest BCUT2D eigenvalue weighted by Crippen LogP contribution is -2.39. The average Bonchev–Trinajstić information content (AvgIpc) is 3.43. The summed E-state index contributed by atoms with van der Waals surface area (Å²) in [6.07, 6.45) is 2.15. The fourth-order valence-electron chi connectivity index (χ4n) is 5.56. The van der Waals surface area contributed by atoms with Crippen LogP contribution in [0.4, 0.5) is 15.8 Å². The van der Waals surface area contributed by atoms with Crippen molar-refractivity contribution in [3.63, 3.8) is 0 Å². The number of thiazole rings is 1. The molecule has 0 spiro atoms. The highest BCUT2D eigenvalue weighted by Crippen LogP contribution is 2.51. The number of amides is 1. The third kappa shape index (κ3) is 5.09. The Kier molecular flexibility index (Phi) is 6.83. The molecule has 208 valence electrons. The monoisotopic (exact) mass is 569 g/mol. The number of hydrogen-bond donors (Lipinski definition) is 2. The fourth-order valence-corrected chi connectivity index (χ4v) is 6.12. The Morgan fingerprint density at radius 2 is 1.95 bits per heavy atom. The molecule has 1 aliphatic heterocycles. The van der Waals surface area contributed by atoms with Crippen LogP contribution < -0.4 is 15.0 Å². The number of benzene rings is 3. The van der Waals surface area contributed by atoms with Crippen LogP contribution in [0, 0.1) is 11.2 Å². The molecule has 1 atom stereocenters. The number of hydrogen-bond acceptors (Lipinski definition) is 7. The van der Waals surface area contributed by atoms with Crippen molar-refractivity contribution in [3.8, 4) is 11.5 Å². The van der Waals surface area contributed by atoms with Gasteiger partial charge in [0, 0.05) is 29.3 Å². The van der Waals surface area contributed by atoms with Gasteiger partial charge in [-0.1, -0.05) is 50.2 Å². The zero-order chi connectivity index (χ0) is 28.7. The van der Waals surface area contributed by atoms with Gasteiger partial charge in [0.15, 0.2) is 5.78 Å². The molecule has 2 aliphatic rings. The molecule has 0 saturated heterocycles. The smallest absolute Gasteiger partial charge is 0.270 e. The van der Waals surface area contributed by atoms with Gasteiger partial charge in [0.05, 0.1) is 23.4 Å². The SMILES string of the molecule is CC1(C)CC(=O)C2=C(C1)Nc1c(O)cccc1N(C(=O)c1cncs1)C2c1ccc(OCc2ccccc2)cc1F. The van der Waals surface area contributed by atoms with E-state index in [-0.39, 0.29) is 41.2 Å². The van der Waals surface area contributed by atoms with E-state index in [1.165, 1.54) is 23.2 Å². The van der Waals surface area contributed by atoms with Crippen molar-refractivity contribution in [2.75, 3.05) is 10.2 Å². The minimum Gasteiger partial charge on any atom is -0.506 e. The summed E-state index contributed by atoms with van der Waals surface area (Å²) in [5, 5.41) is 14.2. The molecular formula is C32H28FN3O4S. The van der Waals surface area contributed by atoms with Crippen molar-refractivity contribution in [2.45, 2.75) is 39.3 Å². The first-order valence-electron chi connectivity index (χ1n) is 13.3. The van der Waals surface area contributed by atoms with Gasteiger partial charge in [-0.05, 0) is 41.7 Å².